The molecule has 0 amide bonds. The Morgan fingerprint density at radius 3 is 3.06 bits per heavy atom. The summed E-state index contributed by atoms with van der Waals surface area (Å²) < 4.78 is 0. The second kappa shape index (κ2) is 4.93. The Bertz CT molecular complexity index is 427. The maximum absolute atomic E-state index is 3.48. The van der Waals surface area contributed by atoms with Gasteiger partial charge in [-0.1, -0.05) is 19.1 Å². The number of hydrogen-bond donors (Lipinski definition) is 1. The van der Waals surface area contributed by atoms with Crippen molar-refractivity contribution in [3.63, 3.8) is 0 Å². The van der Waals surface area contributed by atoms with Crippen molar-refractivity contribution in [2.45, 2.75) is 58.2 Å². The lowest BCUT2D eigenvalue weighted by atomic mass is 10.1. The molecule has 3 rings (SSSR count). The van der Waals surface area contributed by atoms with E-state index in [1.54, 1.807) is 0 Å². The first-order valence-corrected chi connectivity index (χ1v) is 7.39. The Morgan fingerprint density at radius 2 is 2.22 bits per heavy atom. The van der Waals surface area contributed by atoms with E-state index in [9.17, 15) is 0 Å². The van der Waals surface area contributed by atoms with E-state index < -0.39 is 0 Å². The van der Waals surface area contributed by atoms with Gasteiger partial charge in [0.25, 0.3) is 0 Å². The van der Waals surface area contributed by atoms with Gasteiger partial charge >= 0.3 is 0 Å². The maximum Gasteiger partial charge on any atom is 0.0376 e. The van der Waals surface area contributed by atoms with E-state index in [-0.39, 0.29) is 0 Å². The largest absolute Gasteiger partial charge is 0.384 e. The molecule has 0 aliphatic carbocycles. The average Bonchev–Trinajstić information content (AvgIpc) is 2.97. The molecule has 2 unspecified atom stereocenters. The molecule has 1 fully saturated rings. The highest BCUT2D eigenvalue weighted by molar-refractivity contribution is 5.57. The minimum absolute atomic E-state index is 0.746. The molecule has 1 aromatic rings. The van der Waals surface area contributed by atoms with Crippen molar-refractivity contribution in [2.24, 2.45) is 0 Å². The summed E-state index contributed by atoms with van der Waals surface area (Å²) in [7, 11) is 0. The molecule has 2 nitrogen and oxygen atoms in total. The standard InChI is InChI=1S/C16H24N2/c1-3-15-7-4-12(2)18(15)11-13-5-6-14-8-9-17-16(14)10-13/h5-6,10,12,15,17H,3-4,7-9,11H2,1-2H3. The number of nitrogens with one attached hydrogen (secondary N) is 1. The number of anilines is 1. The van der Waals surface area contributed by atoms with E-state index in [2.05, 4.69) is 42.3 Å². The van der Waals surface area contributed by atoms with Crippen LogP contribution in [0.5, 0.6) is 0 Å². The number of benzene rings is 1. The van der Waals surface area contributed by atoms with E-state index in [1.165, 1.54) is 42.5 Å². The molecular weight excluding hydrogens is 220 g/mol. The molecule has 1 N–H and O–H groups in total. The first kappa shape index (κ1) is 12.0. The van der Waals surface area contributed by atoms with E-state index >= 15 is 0 Å². The Labute approximate surface area is 110 Å². The Balaban J connectivity index is 1.75. The number of likely N-dealkylation sites (tertiary alicyclic amines) is 1. The first-order valence-electron chi connectivity index (χ1n) is 7.39. The van der Waals surface area contributed by atoms with Crippen LogP contribution >= 0.6 is 0 Å². The van der Waals surface area contributed by atoms with Gasteiger partial charge < -0.3 is 5.32 Å². The molecule has 2 atom stereocenters. The van der Waals surface area contributed by atoms with Crippen molar-refractivity contribution in [3.8, 4) is 0 Å². The quantitative estimate of drug-likeness (QED) is 0.876. The third-order valence-electron chi connectivity index (χ3n) is 4.67. The second-order valence-electron chi connectivity index (χ2n) is 5.83. The summed E-state index contributed by atoms with van der Waals surface area (Å²) in [4.78, 5) is 2.69. The molecule has 2 aliphatic rings. The van der Waals surface area contributed by atoms with Gasteiger partial charge in [0.05, 0.1) is 0 Å². The van der Waals surface area contributed by atoms with E-state index in [0.717, 1.165) is 25.2 Å². The first-order chi connectivity index (χ1) is 8.78. The second-order valence-corrected chi connectivity index (χ2v) is 5.83. The van der Waals surface area contributed by atoms with Crippen LogP contribution in [0.15, 0.2) is 18.2 Å². The molecule has 1 aromatic carbocycles. The lowest BCUT2D eigenvalue weighted by Gasteiger charge is -2.27. The van der Waals surface area contributed by atoms with Crippen LogP contribution < -0.4 is 5.32 Å². The molecule has 2 heteroatoms. The van der Waals surface area contributed by atoms with E-state index in [4.69, 9.17) is 0 Å². The maximum atomic E-state index is 3.48. The van der Waals surface area contributed by atoms with Crippen LogP contribution in [-0.4, -0.2) is 23.5 Å². The number of hydrogen-bond acceptors (Lipinski definition) is 2. The van der Waals surface area contributed by atoms with Crippen molar-refractivity contribution in [1.29, 1.82) is 0 Å². The van der Waals surface area contributed by atoms with Crippen LogP contribution in [0.3, 0.4) is 0 Å². The highest BCUT2D eigenvalue weighted by Crippen LogP contribution is 2.29. The fourth-order valence-corrected chi connectivity index (χ4v) is 3.50. The summed E-state index contributed by atoms with van der Waals surface area (Å²) in [5, 5.41) is 3.48. The van der Waals surface area contributed by atoms with Crippen LogP contribution in [0.4, 0.5) is 5.69 Å². The highest BCUT2D eigenvalue weighted by atomic mass is 15.2. The van der Waals surface area contributed by atoms with Crippen molar-refractivity contribution >= 4 is 5.69 Å². The molecule has 2 aliphatic heterocycles. The molecule has 0 bridgehead atoms. The number of rotatable bonds is 3. The molecule has 2 heterocycles. The fourth-order valence-electron chi connectivity index (χ4n) is 3.50. The number of fused-ring (bicyclic) bond motifs is 1. The third kappa shape index (κ3) is 2.14. The molecular formula is C16H24N2. The topological polar surface area (TPSA) is 15.3 Å². The molecule has 0 saturated carbocycles. The van der Waals surface area contributed by atoms with E-state index in [0.29, 0.717) is 0 Å². The Kier molecular flexibility index (Phi) is 3.29. The summed E-state index contributed by atoms with van der Waals surface area (Å²) in [6, 6.07) is 8.54. The van der Waals surface area contributed by atoms with Gasteiger partial charge in [-0.25, -0.2) is 0 Å². The zero-order valence-electron chi connectivity index (χ0n) is 11.6. The average molecular weight is 244 g/mol. The minimum Gasteiger partial charge on any atom is -0.384 e. The Hall–Kier alpha value is -1.02. The zero-order valence-corrected chi connectivity index (χ0v) is 11.6. The molecule has 0 radical (unpaired) electrons. The summed E-state index contributed by atoms with van der Waals surface area (Å²) >= 11 is 0. The molecule has 1 saturated heterocycles. The SMILES string of the molecule is CCC1CCC(C)N1Cc1ccc2c(c1)NCC2. The Morgan fingerprint density at radius 1 is 1.33 bits per heavy atom. The van der Waals surface area contributed by atoms with Gasteiger partial charge in [-0.05, 0) is 49.8 Å². The molecule has 98 valence electrons. The summed E-state index contributed by atoms with van der Waals surface area (Å²) in [5.41, 5.74) is 4.32. The predicted molar refractivity (Wildman–Crippen MR) is 77.0 cm³/mol. The van der Waals surface area contributed by atoms with Crippen molar-refractivity contribution < 1.29 is 0 Å². The summed E-state index contributed by atoms with van der Waals surface area (Å²) in [6.45, 7) is 6.92. The van der Waals surface area contributed by atoms with Crippen molar-refractivity contribution in [1.82, 2.24) is 4.90 Å². The van der Waals surface area contributed by atoms with Crippen molar-refractivity contribution in [2.75, 3.05) is 11.9 Å². The van der Waals surface area contributed by atoms with Crippen molar-refractivity contribution in [3.05, 3.63) is 29.3 Å². The molecule has 0 aromatic heterocycles. The summed E-state index contributed by atoms with van der Waals surface area (Å²) in [5.74, 6) is 0. The van der Waals surface area contributed by atoms with Crippen LogP contribution in [0.25, 0.3) is 0 Å². The monoisotopic (exact) mass is 244 g/mol. The fraction of sp³-hybridized carbons (Fsp3) is 0.625. The normalized spacial score (nSPS) is 27.2. The highest BCUT2D eigenvalue weighted by Gasteiger charge is 2.29. The van der Waals surface area contributed by atoms with Gasteiger partial charge in [-0.3, -0.25) is 4.90 Å². The van der Waals surface area contributed by atoms with Gasteiger partial charge in [0.1, 0.15) is 0 Å². The smallest absolute Gasteiger partial charge is 0.0376 e. The van der Waals surface area contributed by atoms with Gasteiger partial charge in [0.2, 0.25) is 0 Å². The predicted octanol–water partition coefficient (Wildman–Crippen LogP) is 3.42. The van der Waals surface area contributed by atoms with Gasteiger partial charge in [-0.15, -0.1) is 0 Å². The molecule has 18 heavy (non-hydrogen) atoms. The molecule has 0 spiro atoms. The van der Waals surface area contributed by atoms with Crippen LogP contribution in [0.2, 0.25) is 0 Å². The van der Waals surface area contributed by atoms with Gasteiger partial charge in [0, 0.05) is 30.9 Å². The number of nitrogens with zero attached hydrogens (tertiary/aromatic N) is 1. The van der Waals surface area contributed by atoms with Crippen LogP contribution in [0, 0.1) is 0 Å². The minimum atomic E-state index is 0.746. The summed E-state index contributed by atoms with van der Waals surface area (Å²) in [6.07, 6.45) is 5.21. The lowest BCUT2D eigenvalue weighted by Crippen LogP contribution is -2.33. The van der Waals surface area contributed by atoms with Crippen LogP contribution in [-0.2, 0) is 13.0 Å². The van der Waals surface area contributed by atoms with Gasteiger partial charge in [-0.2, -0.15) is 0 Å². The third-order valence-corrected chi connectivity index (χ3v) is 4.67. The lowest BCUT2D eigenvalue weighted by molar-refractivity contribution is 0.189. The zero-order chi connectivity index (χ0) is 12.5. The van der Waals surface area contributed by atoms with Crippen LogP contribution in [0.1, 0.15) is 44.2 Å². The van der Waals surface area contributed by atoms with Gasteiger partial charge in [0.15, 0.2) is 0 Å². The van der Waals surface area contributed by atoms with E-state index in [1.807, 2.05) is 0 Å².